The number of piperidine rings is 1. The Morgan fingerprint density at radius 1 is 1.20 bits per heavy atom. The number of nitrogens with zero attached hydrogens (tertiary/aromatic N) is 1. The summed E-state index contributed by atoms with van der Waals surface area (Å²) in [5.41, 5.74) is 0.744. The molecular formula is C20H32N2O3. The zero-order valence-corrected chi connectivity index (χ0v) is 16.6. The molecule has 140 valence electrons. The van der Waals surface area contributed by atoms with Crippen LogP contribution in [0, 0.1) is 0 Å². The van der Waals surface area contributed by atoms with Crippen LogP contribution in [0.4, 0.5) is 0 Å². The predicted octanol–water partition coefficient (Wildman–Crippen LogP) is 2.26. The van der Waals surface area contributed by atoms with Crippen molar-refractivity contribution in [3.05, 3.63) is 33.1 Å². The van der Waals surface area contributed by atoms with Crippen LogP contribution < -0.4 is 21.3 Å². The maximum Gasteiger partial charge on any atom is 0.259 e. The second-order valence-electron chi connectivity index (χ2n) is 5.44. The summed E-state index contributed by atoms with van der Waals surface area (Å²) in [5, 5.41) is 3.83. The van der Waals surface area contributed by atoms with Crippen molar-refractivity contribution in [2.75, 3.05) is 0 Å². The number of rotatable bonds is 2. The number of aromatic nitrogens is 1. The molecule has 1 unspecified atom stereocenters. The molecule has 1 fully saturated rings. The van der Waals surface area contributed by atoms with E-state index in [9.17, 15) is 14.4 Å². The summed E-state index contributed by atoms with van der Waals surface area (Å²) >= 11 is 0. The average Bonchev–Trinajstić information content (AvgIpc) is 2.59. The number of hydrogen-bond acceptors (Lipinski definition) is 3. The fourth-order valence-electron chi connectivity index (χ4n) is 2.65. The molecule has 1 saturated heterocycles. The number of pyridine rings is 1. The van der Waals surface area contributed by atoms with E-state index in [1.54, 1.807) is 6.20 Å². The fraction of sp³-hybridized carbons (Fsp3) is 0.550. The molecule has 1 atom stereocenters. The van der Waals surface area contributed by atoms with Crippen molar-refractivity contribution in [2.24, 2.45) is 0 Å². The SMILES string of the molecule is CC.CC.CC/C=c1/ccn(C2CCC(=O)NC2=O)c(=O)c1=C(C)C. The lowest BCUT2D eigenvalue weighted by atomic mass is 10.1. The van der Waals surface area contributed by atoms with Crippen LogP contribution in [0.3, 0.4) is 0 Å². The van der Waals surface area contributed by atoms with Gasteiger partial charge in [-0.05, 0) is 38.0 Å². The molecule has 25 heavy (non-hydrogen) atoms. The number of carbonyl (C=O) groups is 2. The van der Waals surface area contributed by atoms with E-state index in [1.165, 1.54) is 4.57 Å². The summed E-state index contributed by atoms with van der Waals surface area (Å²) in [6.45, 7) is 13.8. The number of carbonyl (C=O) groups excluding carboxylic acids is 2. The van der Waals surface area contributed by atoms with Crippen LogP contribution in [0.2, 0.25) is 0 Å². The Kier molecular flexibility index (Phi) is 10.4. The molecular weight excluding hydrogens is 316 g/mol. The number of imide groups is 1. The fourth-order valence-corrected chi connectivity index (χ4v) is 2.65. The molecule has 1 aliphatic heterocycles. The quantitative estimate of drug-likeness (QED) is 0.834. The summed E-state index contributed by atoms with van der Waals surface area (Å²) in [6.07, 6.45) is 5.11. The molecule has 5 heteroatoms. The Labute approximate surface area is 150 Å². The maximum atomic E-state index is 12.7. The Morgan fingerprint density at radius 2 is 1.80 bits per heavy atom. The van der Waals surface area contributed by atoms with Gasteiger partial charge < -0.3 is 4.57 Å². The number of amides is 2. The van der Waals surface area contributed by atoms with Gasteiger partial charge in [0.25, 0.3) is 5.56 Å². The summed E-state index contributed by atoms with van der Waals surface area (Å²) in [6, 6.07) is 1.25. The zero-order chi connectivity index (χ0) is 19.6. The molecule has 0 radical (unpaired) electrons. The lowest BCUT2D eigenvalue weighted by Gasteiger charge is -2.22. The first kappa shape index (κ1) is 22.8. The van der Waals surface area contributed by atoms with Crippen molar-refractivity contribution >= 4 is 23.5 Å². The van der Waals surface area contributed by atoms with E-state index in [-0.39, 0.29) is 17.9 Å². The van der Waals surface area contributed by atoms with Crippen molar-refractivity contribution in [1.82, 2.24) is 9.88 Å². The van der Waals surface area contributed by atoms with E-state index in [1.807, 2.05) is 60.6 Å². The van der Waals surface area contributed by atoms with Gasteiger partial charge in [-0.25, -0.2) is 0 Å². The highest BCUT2D eigenvalue weighted by Crippen LogP contribution is 2.15. The van der Waals surface area contributed by atoms with Gasteiger partial charge in [0.15, 0.2) is 0 Å². The van der Waals surface area contributed by atoms with Crippen LogP contribution >= 0.6 is 0 Å². The highest BCUT2D eigenvalue weighted by atomic mass is 16.2. The van der Waals surface area contributed by atoms with Gasteiger partial charge in [0.2, 0.25) is 11.8 Å². The largest absolute Gasteiger partial charge is 0.302 e. The summed E-state index contributed by atoms with van der Waals surface area (Å²) in [7, 11) is 0. The van der Waals surface area contributed by atoms with Crippen LogP contribution in [0.15, 0.2) is 17.1 Å². The van der Waals surface area contributed by atoms with Gasteiger partial charge in [-0.1, -0.05) is 46.3 Å². The Morgan fingerprint density at radius 3 is 2.28 bits per heavy atom. The summed E-state index contributed by atoms with van der Waals surface area (Å²) in [4.78, 5) is 35.9. The highest BCUT2D eigenvalue weighted by molar-refractivity contribution is 5.99. The predicted molar refractivity (Wildman–Crippen MR) is 104 cm³/mol. The Hall–Kier alpha value is -2.17. The van der Waals surface area contributed by atoms with E-state index < -0.39 is 11.9 Å². The van der Waals surface area contributed by atoms with E-state index in [2.05, 4.69) is 5.32 Å². The molecule has 5 nitrogen and oxygen atoms in total. The summed E-state index contributed by atoms with van der Waals surface area (Å²) < 4.78 is 1.44. The molecule has 0 aliphatic carbocycles. The first-order chi connectivity index (χ1) is 12.0. The third-order valence-electron chi connectivity index (χ3n) is 3.62. The molecule has 2 amide bonds. The van der Waals surface area contributed by atoms with Crippen LogP contribution in [-0.4, -0.2) is 16.4 Å². The van der Waals surface area contributed by atoms with Crippen LogP contribution in [-0.2, 0) is 9.59 Å². The van der Waals surface area contributed by atoms with Gasteiger partial charge in [0, 0.05) is 17.8 Å². The van der Waals surface area contributed by atoms with Crippen LogP contribution in [0.1, 0.15) is 73.8 Å². The number of hydrogen-bond donors (Lipinski definition) is 1. The first-order valence-electron chi connectivity index (χ1n) is 9.18. The van der Waals surface area contributed by atoms with Crippen molar-refractivity contribution < 1.29 is 9.59 Å². The minimum absolute atomic E-state index is 0.174. The van der Waals surface area contributed by atoms with Crippen molar-refractivity contribution in [3.8, 4) is 0 Å². The molecule has 0 aromatic carbocycles. The maximum absolute atomic E-state index is 12.7. The van der Waals surface area contributed by atoms with Crippen LogP contribution in [0.5, 0.6) is 0 Å². The molecule has 1 aromatic heterocycles. The molecule has 0 bridgehead atoms. The molecule has 1 aromatic rings. The Balaban J connectivity index is 0.00000134. The monoisotopic (exact) mass is 348 g/mol. The van der Waals surface area contributed by atoms with Crippen molar-refractivity contribution in [2.45, 2.75) is 73.8 Å². The topological polar surface area (TPSA) is 68.2 Å². The zero-order valence-electron chi connectivity index (χ0n) is 16.6. The van der Waals surface area contributed by atoms with Gasteiger partial charge in [-0.15, -0.1) is 0 Å². The third-order valence-corrected chi connectivity index (χ3v) is 3.62. The van der Waals surface area contributed by atoms with E-state index in [4.69, 9.17) is 0 Å². The minimum Gasteiger partial charge on any atom is -0.302 e. The molecule has 2 heterocycles. The van der Waals surface area contributed by atoms with Gasteiger partial charge >= 0.3 is 0 Å². The van der Waals surface area contributed by atoms with E-state index in [0.29, 0.717) is 11.6 Å². The van der Waals surface area contributed by atoms with Crippen LogP contribution in [0.25, 0.3) is 11.6 Å². The van der Waals surface area contributed by atoms with Gasteiger partial charge in [-0.2, -0.15) is 0 Å². The lowest BCUT2D eigenvalue weighted by Crippen LogP contribution is -2.51. The normalized spacial score (nSPS) is 16.9. The van der Waals surface area contributed by atoms with Gasteiger partial charge in [-0.3, -0.25) is 19.7 Å². The molecule has 0 spiro atoms. The molecule has 1 N–H and O–H groups in total. The van der Waals surface area contributed by atoms with E-state index in [0.717, 1.165) is 17.2 Å². The molecule has 1 aliphatic rings. The first-order valence-corrected chi connectivity index (χ1v) is 9.18. The summed E-state index contributed by atoms with van der Waals surface area (Å²) in [5.74, 6) is -0.682. The Bertz CT molecular complexity index is 756. The van der Waals surface area contributed by atoms with E-state index >= 15 is 0 Å². The lowest BCUT2D eigenvalue weighted by molar-refractivity contribution is -0.135. The molecule has 0 saturated carbocycles. The number of nitrogens with one attached hydrogen (secondary N) is 1. The highest BCUT2D eigenvalue weighted by Gasteiger charge is 2.28. The standard InChI is InChI=1S/C16H20N2O3.2C2H6/c1-4-5-11-8-9-18(16(21)14(11)10(2)3)12-6-7-13(19)17-15(12)20;2*1-2/h5,8-9,12H,4,6-7H2,1-3H3,(H,17,19,20);2*1-2H3/b11-5-;;. The molecule has 2 rings (SSSR count). The van der Waals surface area contributed by atoms with Gasteiger partial charge in [0.1, 0.15) is 6.04 Å². The van der Waals surface area contributed by atoms with Gasteiger partial charge in [0.05, 0.1) is 0 Å². The second-order valence-corrected chi connectivity index (χ2v) is 5.44. The van der Waals surface area contributed by atoms with Crippen molar-refractivity contribution in [1.29, 1.82) is 0 Å². The third kappa shape index (κ3) is 5.69. The average molecular weight is 348 g/mol. The second kappa shape index (κ2) is 11.4. The van der Waals surface area contributed by atoms with Crippen molar-refractivity contribution in [3.63, 3.8) is 0 Å². The smallest absolute Gasteiger partial charge is 0.259 e. The minimum atomic E-state index is -0.607.